The molecule has 0 amide bonds. The van der Waals surface area contributed by atoms with Crippen LogP contribution in [0.1, 0.15) is 29.8 Å². The Kier molecular flexibility index (Phi) is 3.48. The summed E-state index contributed by atoms with van der Waals surface area (Å²) in [7, 11) is 1.27. The van der Waals surface area contributed by atoms with E-state index >= 15 is 0 Å². The lowest BCUT2D eigenvalue weighted by atomic mass is 10.1. The third kappa shape index (κ3) is 2.16. The molecule has 0 bridgehead atoms. The number of piperidine rings is 1. The number of anilines is 1. The second-order valence-corrected chi connectivity index (χ2v) is 5.96. The van der Waals surface area contributed by atoms with E-state index < -0.39 is 5.97 Å². The van der Waals surface area contributed by atoms with Gasteiger partial charge in [0, 0.05) is 29.5 Å². The Hall–Kier alpha value is -2.83. The molecule has 1 aliphatic rings. The molecule has 124 valence electrons. The number of rotatable bonds is 2. The molecule has 7 nitrogen and oxygen atoms in total. The van der Waals surface area contributed by atoms with Crippen molar-refractivity contribution in [1.29, 1.82) is 0 Å². The fourth-order valence-corrected chi connectivity index (χ4v) is 3.37. The number of carbonyl (C=O) groups is 1. The quantitative estimate of drug-likeness (QED) is 0.728. The van der Waals surface area contributed by atoms with Gasteiger partial charge in [0.2, 0.25) is 0 Å². The van der Waals surface area contributed by atoms with Crippen molar-refractivity contribution in [3.05, 3.63) is 30.2 Å². The first-order chi connectivity index (χ1) is 11.7. The number of carbonyl (C=O) groups excluding carboxylic acids is 1. The molecule has 0 spiro atoms. The maximum atomic E-state index is 12.0. The zero-order valence-corrected chi connectivity index (χ0v) is 13.4. The molecule has 0 saturated carbocycles. The van der Waals surface area contributed by atoms with E-state index in [0.29, 0.717) is 11.0 Å². The van der Waals surface area contributed by atoms with E-state index in [9.17, 15) is 9.90 Å². The van der Waals surface area contributed by atoms with Gasteiger partial charge in [0.05, 0.1) is 7.11 Å². The Morgan fingerprint density at radius 2 is 2.00 bits per heavy atom. The normalized spacial score (nSPS) is 15.1. The number of aromatic nitrogens is 3. The van der Waals surface area contributed by atoms with Crippen LogP contribution in [0.25, 0.3) is 16.4 Å². The number of nitrogens with zero attached hydrogens (tertiary/aromatic N) is 4. The van der Waals surface area contributed by atoms with Crippen LogP contribution >= 0.6 is 0 Å². The number of hydrogen-bond donors (Lipinski definition) is 1. The molecule has 3 heterocycles. The highest BCUT2D eigenvalue weighted by Crippen LogP contribution is 2.34. The van der Waals surface area contributed by atoms with E-state index in [2.05, 4.69) is 15.0 Å². The molecule has 3 aromatic rings. The monoisotopic (exact) mass is 326 g/mol. The lowest BCUT2D eigenvalue weighted by Gasteiger charge is -2.29. The van der Waals surface area contributed by atoms with Crippen molar-refractivity contribution in [2.75, 3.05) is 25.1 Å². The summed E-state index contributed by atoms with van der Waals surface area (Å²) in [6, 6.07) is 5.81. The molecule has 1 fully saturated rings. The number of esters is 1. The summed E-state index contributed by atoms with van der Waals surface area (Å²) in [4.78, 5) is 18.6. The van der Waals surface area contributed by atoms with E-state index in [1.54, 1.807) is 0 Å². The van der Waals surface area contributed by atoms with Crippen molar-refractivity contribution < 1.29 is 14.6 Å². The second-order valence-electron chi connectivity index (χ2n) is 5.96. The van der Waals surface area contributed by atoms with Crippen LogP contribution in [0.2, 0.25) is 0 Å². The van der Waals surface area contributed by atoms with Gasteiger partial charge >= 0.3 is 5.97 Å². The minimum Gasteiger partial charge on any atom is -0.505 e. The topological polar surface area (TPSA) is 80.0 Å². The molecule has 1 saturated heterocycles. The SMILES string of the molecule is COC(=O)c1c(O)c2ccc(N3CCCCC3)cc2c2ncnn12. The Bertz CT molecular complexity index is 928. The van der Waals surface area contributed by atoms with E-state index in [4.69, 9.17) is 4.74 Å². The van der Waals surface area contributed by atoms with E-state index in [1.807, 2.05) is 18.2 Å². The van der Waals surface area contributed by atoms with Crippen LogP contribution in [-0.2, 0) is 4.74 Å². The Morgan fingerprint density at radius 3 is 2.75 bits per heavy atom. The van der Waals surface area contributed by atoms with Crippen LogP contribution in [0.4, 0.5) is 5.69 Å². The number of hydrogen-bond acceptors (Lipinski definition) is 6. The Morgan fingerprint density at radius 1 is 1.21 bits per heavy atom. The van der Waals surface area contributed by atoms with Crippen molar-refractivity contribution in [3.8, 4) is 5.75 Å². The molecular formula is C17H18N4O3. The van der Waals surface area contributed by atoms with Gasteiger partial charge in [-0.3, -0.25) is 0 Å². The summed E-state index contributed by atoms with van der Waals surface area (Å²) in [5.41, 5.74) is 1.61. The number of ether oxygens (including phenoxy) is 1. The molecule has 7 heteroatoms. The van der Waals surface area contributed by atoms with E-state index in [-0.39, 0.29) is 11.4 Å². The fraction of sp³-hybridized carbons (Fsp3) is 0.353. The van der Waals surface area contributed by atoms with Crippen LogP contribution < -0.4 is 4.90 Å². The molecule has 1 aromatic carbocycles. The fourth-order valence-electron chi connectivity index (χ4n) is 3.37. The molecular weight excluding hydrogens is 308 g/mol. The minimum absolute atomic E-state index is 0.0109. The standard InChI is InChI=1S/C17H18N4O3/c1-24-17(23)14-15(22)12-6-5-11(20-7-3-2-4-8-20)9-13(12)16-18-10-19-21(14)16/h5-6,9-10,22H,2-4,7-8H2,1H3. The molecule has 0 aliphatic carbocycles. The zero-order valence-electron chi connectivity index (χ0n) is 13.4. The highest BCUT2D eigenvalue weighted by atomic mass is 16.5. The number of fused-ring (bicyclic) bond motifs is 3. The van der Waals surface area contributed by atoms with Crippen molar-refractivity contribution in [3.63, 3.8) is 0 Å². The van der Waals surface area contributed by atoms with Crippen LogP contribution in [0.15, 0.2) is 24.5 Å². The molecule has 4 rings (SSSR count). The summed E-state index contributed by atoms with van der Waals surface area (Å²) < 4.78 is 6.10. The third-order valence-corrected chi connectivity index (χ3v) is 4.58. The van der Waals surface area contributed by atoms with Gasteiger partial charge in [-0.15, -0.1) is 0 Å². The van der Waals surface area contributed by atoms with E-state index in [0.717, 1.165) is 24.2 Å². The highest BCUT2D eigenvalue weighted by molar-refractivity contribution is 6.06. The predicted octanol–water partition coefficient (Wildman–Crippen LogP) is 2.37. The van der Waals surface area contributed by atoms with Crippen molar-refractivity contribution in [2.45, 2.75) is 19.3 Å². The first-order valence-corrected chi connectivity index (χ1v) is 8.02. The van der Waals surface area contributed by atoms with Gasteiger partial charge < -0.3 is 14.7 Å². The second kappa shape index (κ2) is 5.67. The summed E-state index contributed by atoms with van der Waals surface area (Å²) in [5, 5.41) is 16.0. The molecule has 1 N–H and O–H groups in total. The van der Waals surface area contributed by atoms with Gasteiger partial charge in [-0.2, -0.15) is 5.10 Å². The van der Waals surface area contributed by atoms with Gasteiger partial charge in [0.1, 0.15) is 6.33 Å². The van der Waals surface area contributed by atoms with E-state index in [1.165, 1.54) is 37.2 Å². The van der Waals surface area contributed by atoms with Crippen LogP contribution in [0.3, 0.4) is 0 Å². The van der Waals surface area contributed by atoms with Gasteiger partial charge in [0.15, 0.2) is 17.1 Å². The lowest BCUT2D eigenvalue weighted by molar-refractivity contribution is 0.0587. The van der Waals surface area contributed by atoms with Gasteiger partial charge in [-0.25, -0.2) is 14.3 Å². The maximum absolute atomic E-state index is 12.0. The average molecular weight is 326 g/mol. The molecule has 1 aliphatic heterocycles. The maximum Gasteiger partial charge on any atom is 0.360 e. The predicted molar refractivity (Wildman–Crippen MR) is 89.6 cm³/mol. The number of aromatic hydroxyl groups is 1. The summed E-state index contributed by atoms with van der Waals surface area (Å²) in [6.45, 7) is 2.06. The molecule has 0 unspecified atom stereocenters. The van der Waals surface area contributed by atoms with Crippen molar-refractivity contribution in [2.24, 2.45) is 0 Å². The summed E-state index contributed by atoms with van der Waals surface area (Å²) in [5.74, 6) is -0.787. The van der Waals surface area contributed by atoms with Crippen LogP contribution in [-0.4, -0.2) is 45.9 Å². The Labute approximate surface area is 138 Å². The first-order valence-electron chi connectivity index (χ1n) is 8.02. The molecule has 0 atom stereocenters. The zero-order chi connectivity index (χ0) is 16.7. The summed E-state index contributed by atoms with van der Waals surface area (Å²) >= 11 is 0. The van der Waals surface area contributed by atoms with Crippen LogP contribution in [0.5, 0.6) is 5.75 Å². The third-order valence-electron chi connectivity index (χ3n) is 4.58. The highest BCUT2D eigenvalue weighted by Gasteiger charge is 2.23. The first kappa shape index (κ1) is 14.7. The molecule has 2 aromatic heterocycles. The Balaban J connectivity index is 1.96. The lowest BCUT2D eigenvalue weighted by Crippen LogP contribution is -2.29. The smallest absolute Gasteiger partial charge is 0.360 e. The molecule has 24 heavy (non-hydrogen) atoms. The summed E-state index contributed by atoms with van der Waals surface area (Å²) in [6.07, 6.45) is 5.01. The average Bonchev–Trinajstić information content (AvgIpc) is 3.11. The van der Waals surface area contributed by atoms with Crippen molar-refractivity contribution >= 4 is 28.1 Å². The van der Waals surface area contributed by atoms with Gasteiger partial charge in [-0.1, -0.05) is 0 Å². The largest absolute Gasteiger partial charge is 0.505 e. The number of methoxy groups -OCH3 is 1. The number of pyridine rings is 1. The number of benzene rings is 1. The minimum atomic E-state index is -0.648. The van der Waals surface area contributed by atoms with Crippen molar-refractivity contribution in [1.82, 2.24) is 14.6 Å². The molecule has 0 radical (unpaired) electrons. The van der Waals surface area contributed by atoms with Gasteiger partial charge in [0.25, 0.3) is 0 Å². The van der Waals surface area contributed by atoms with Crippen LogP contribution in [0, 0.1) is 0 Å². The van der Waals surface area contributed by atoms with Gasteiger partial charge in [-0.05, 0) is 37.5 Å².